The first-order valence-electron chi connectivity index (χ1n) is 14.1. The summed E-state index contributed by atoms with van der Waals surface area (Å²) >= 11 is 0. The van der Waals surface area contributed by atoms with E-state index in [1.807, 2.05) is 42.5 Å². The van der Waals surface area contributed by atoms with Gasteiger partial charge in [0.05, 0.1) is 18.6 Å². The van der Waals surface area contributed by atoms with Crippen molar-refractivity contribution in [1.29, 1.82) is 0 Å². The number of benzene rings is 1. The van der Waals surface area contributed by atoms with Gasteiger partial charge in [0.15, 0.2) is 0 Å². The Morgan fingerprint density at radius 3 is 2.65 bits per heavy atom. The van der Waals surface area contributed by atoms with E-state index < -0.39 is 41.7 Å². The summed E-state index contributed by atoms with van der Waals surface area (Å²) in [5.41, 5.74) is -0.353. The van der Waals surface area contributed by atoms with Gasteiger partial charge in [0.25, 0.3) is 0 Å². The van der Waals surface area contributed by atoms with Gasteiger partial charge >= 0.3 is 5.97 Å². The Morgan fingerprint density at radius 2 is 1.88 bits per heavy atom. The van der Waals surface area contributed by atoms with E-state index in [9.17, 15) is 24.3 Å². The Hall–Kier alpha value is -3.50. The molecule has 3 amide bonds. The molecule has 5 rings (SSSR count). The van der Waals surface area contributed by atoms with Gasteiger partial charge in [-0.05, 0) is 31.7 Å². The number of ether oxygens (including phenoxy) is 2. The maximum atomic E-state index is 14.5. The summed E-state index contributed by atoms with van der Waals surface area (Å²) in [7, 11) is 0. The van der Waals surface area contributed by atoms with Crippen molar-refractivity contribution in [1.82, 2.24) is 15.1 Å². The molecule has 0 unspecified atom stereocenters. The minimum Gasteiger partial charge on any atom is -0.460 e. The Bertz CT molecular complexity index is 1190. The van der Waals surface area contributed by atoms with Crippen LogP contribution in [0.15, 0.2) is 54.6 Å². The van der Waals surface area contributed by atoms with E-state index in [4.69, 9.17) is 9.47 Å². The van der Waals surface area contributed by atoms with Gasteiger partial charge in [-0.1, -0.05) is 54.6 Å². The molecule has 5 bridgehead atoms. The Morgan fingerprint density at radius 1 is 1.07 bits per heavy atom. The molecule has 0 aliphatic carbocycles. The maximum Gasteiger partial charge on any atom is 0.313 e. The first-order valence-corrected chi connectivity index (χ1v) is 14.1. The van der Waals surface area contributed by atoms with E-state index in [0.29, 0.717) is 25.8 Å². The first kappa shape index (κ1) is 28.0. The summed E-state index contributed by atoms with van der Waals surface area (Å²) < 4.78 is 12.1. The van der Waals surface area contributed by atoms with E-state index in [1.54, 1.807) is 28.9 Å². The Labute approximate surface area is 234 Å². The summed E-state index contributed by atoms with van der Waals surface area (Å²) in [6.45, 7) is 2.68. The van der Waals surface area contributed by atoms with Crippen molar-refractivity contribution >= 4 is 23.7 Å². The predicted octanol–water partition coefficient (Wildman–Crippen LogP) is 1.34. The van der Waals surface area contributed by atoms with Gasteiger partial charge in [0.2, 0.25) is 17.7 Å². The third-order valence-electron chi connectivity index (χ3n) is 8.15. The fraction of sp³-hybridized carbons (Fsp3) is 0.533. The van der Waals surface area contributed by atoms with Crippen LogP contribution >= 0.6 is 0 Å². The van der Waals surface area contributed by atoms with Crippen LogP contribution in [0, 0.1) is 11.8 Å². The molecule has 2 N–H and O–H groups in total. The standard InChI is InChI=1S/C30H37N3O7/c1-20-18-31-23(35)12-6-3-7-15-32(19-21-10-4-2-5-11-21)28(37)26-30-14-13-22(40-30)24(29(38)39-20)25(30)27(36)33(26)16-8-9-17-34/h2-5,7,10-11,13-14,20,22,24-26,34H,6,8-9,12,15-19H2,1H3,(H,31,35)/b7-3-/t20-,22+,24-,25-,26+,30-/m1/s1. The molecule has 1 aromatic rings. The number of carbonyl (C=O) groups is 4. The molecule has 2 fully saturated rings. The zero-order valence-corrected chi connectivity index (χ0v) is 22.7. The lowest BCUT2D eigenvalue weighted by Gasteiger charge is -2.36. The second kappa shape index (κ2) is 11.9. The summed E-state index contributed by atoms with van der Waals surface area (Å²) in [4.78, 5) is 57.4. The number of cyclic esters (lactones) is 1. The number of amides is 3. The highest BCUT2D eigenvalue weighted by Crippen LogP contribution is 2.55. The lowest BCUT2D eigenvalue weighted by molar-refractivity contribution is -0.158. The highest BCUT2D eigenvalue weighted by Gasteiger charge is 2.73. The van der Waals surface area contributed by atoms with E-state index >= 15 is 0 Å². The van der Waals surface area contributed by atoms with Gasteiger partial charge in [-0.15, -0.1) is 0 Å². The highest BCUT2D eigenvalue weighted by atomic mass is 16.6. The molecular weight excluding hydrogens is 514 g/mol. The molecule has 214 valence electrons. The number of nitrogens with one attached hydrogen (secondary N) is 1. The lowest BCUT2D eigenvalue weighted by atomic mass is 9.74. The smallest absolute Gasteiger partial charge is 0.313 e. The molecular formula is C30H37N3O7. The zero-order valence-electron chi connectivity index (χ0n) is 22.7. The van der Waals surface area contributed by atoms with Crippen molar-refractivity contribution in [2.24, 2.45) is 11.8 Å². The molecule has 1 spiro atoms. The number of aliphatic hydroxyl groups is 1. The third kappa shape index (κ3) is 5.30. The van der Waals surface area contributed by atoms with E-state index in [0.717, 1.165) is 5.56 Å². The number of esters is 1. The summed E-state index contributed by atoms with van der Waals surface area (Å²) in [5, 5.41) is 12.2. The number of nitrogens with zero attached hydrogens (tertiary/aromatic N) is 2. The number of aliphatic hydroxyl groups excluding tert-OH is 1. The van der Waals surface area contributed by atoms with Crippen molar-refractivity contribution in [2.75, 3.05) is 26.2 Å². The van der Waals surface area contributed by atoms with Crippen LogP contribution in [-0.2, 0) is 35.2 Å². The van der Waals surface area contributed by atoms with Crippen LogP contribution in [0.3, 0.4) is 0 Å². The van der Waals surface area contributed by atoms with Crippen LogP contribution in [0.4, 0.5) is 0 Å². The number of hydrogen-bond donors (Lipinski definition) is 2. The summed E-state index contributed by atoms with van der Waals surface area (Å²) in [5.74, 6) is -3.12. The molecule has 40 heavy (non-hydrogen) atoms. The Balaban J connectivity index is 1.53. The van der Waals surface area contributed by atoms with Gasteiger partial charge < -0.3 is 29.7 Å². The molecule has 10 nitrogen and oxygen atoms in total. The first-order chi connectivity index (χ1) is 19.4. The van der Waals surface area contributed by atoms with Gasteiger partial charge in [-0.2, -0.15) is 0 Å². The van der Waals surface area contributed by atoms with Crippen LogP contribution in [0.25, 0.3) is 0 Å². The normalized spacial score (nSPS) is 33.2. The highest BCUT2D eigenvalue weighted by molar-refractivity contribution is 5.99. The minimum atomic E-state index is -1.29. The molecule has 1 aromatic carbocycles. The van der Waals surface area contributed by atoms with Gasteiger partial charge in [-0.3, -0.25) is 19.2 Å². The predicted molar refractivity (Wildman–Crippen MR) is 144 cm³/mol. The largest absolute Gasteiger partial charge is 0.460 e. The maximum absolute atomic E-state index is 14.5. The lowest BCUT2D eigenvalue weighted by Crippen LogP contribution is -2.55. The molecule has 4 aliphatic rings. The number of hydrogen-bond acceptors (Lipinski definition) is 7. The Kier molecular flexibility index (Phi) is 8.37. The molecule has 6 atom stereocenters. The van der Waals surface area contributed by atoms with E-state index in [-0.39, 0.29) is 50.4 Å². The van der Waals surface area contributed by atoms with E-state index in [1.165, 1.54) is 0 Å². The second-order valence-electron chi connectivity index (χ2n) is 10.9. The summed E-state index contributed by atoms with van der Waals surface area (Å²) in [6.07, 6.45) is 7.76. The van der Waals surface area contributed by atoms with Gasteiger partial charge in [0.1, 0.15) is 23.7 Å². The van der Waals surface area contributed by atoms with Crippen molar-refractivity contribution in [2.45, 2.75) is 63.0 Å². The van der Waals surface area contributed by atoms with Gasteiger partial charge in [0, 0.05) is 32.7 Å². The van der Waals surface area contributed by atoms with Crippen molar-refractivity contribution in [3.63, 3.8) is 0 Å². The monoisotopic (exact) mass is 551 g/mol. The van der Waals surface area contributed by atoms with Crippen LogP contribution in [0.2, 0.25) is 0 Å². The average molecular weight is 552 g/mol. The van der Waals surface area contributed by atoms with Crippen molar-refractivity contribution in [3.8, 4) is 0 Å². The molecule has 10 heteroatoms. The number of carbonyl (C=O) groups excluding carboxylic acids is 4. The minimum absolute atomic E-state index is 0.0258. The number of unbranched alkanes of at least 4 members (excludes halogenated alkanes) is 1. The molecule has 0 saturated carbocycles. The fourth-order valence-electron chi connectivity index (χ4n) is 6.26. The van der Waals surface area contributed by atoms with Crippen LogP contribution in [-0.4, -0.2) is 88.7 Å². The average Bonchev–Trinajstić information content (AvgIpc) is 3.58. The molecule has 4 heterocycles. The van der Waals surface area contributed by atoms with Crippen LogP contribution < -0.4 is 5.32 Å². The second-order valence-corrected chi connectivity index (χ2v) is 10.9. The number of rotatable bonds is 6. The van der Waals surface area contributed by atoms with Gasteiger partial charge in [-0.25, -0.2) is 0 Å². The van der Waals surface area contributed by atoms with Crippen LogP contribution in [0.1, 0.15) is 38.2 Å². The topological polar surface area (TPSA) is 125 Å². The molecule has 4 aliphatic heterocycles. The number of likely N-dealkylation sites (tertiary alicyclic amines) is 1. The molecule has 2 saturated heterocycles. The molecule has 0 aromatic heterocycles. The van der Waals surface area contributed by atoms with Crippen molar-refractivity contribution < 1.29 is 33.8 Å². The van der Waals surface area contributed by atoms with E-state index in [2.05, 4.69) is 5.32 Å². The van der Waals surface area contributed by atoms with Crippen LogP contribution in [0.5, 0.6) is 0 Å². The SMILES string of the molecule is C[C@@H]1CNC(=O)CC/C=C\CN(Cc2ccccc2)C(=O)[C@@H]2N(CCCCO)C(=O)[C@H]3[C@H](C(=O)O1)[C@@H]1C=C[C@]23O1. The summed E-state index contributed by atoms with van der Waals surface area (Å²) in [6, 6.07) is 8.64. The number of fused-ring (bicyclic) bond motifs is 2. The molecule has 0 radical (unpaired) electrons. The zero-order chi connectivity index (χ0) is 28.3. The fourth-order valence-corrected chi connectivity index (χ4v) is 6.26. The third-order valence-corrected chi connectivity index (χ3v) is 8.15. The number of allylic oxidation sites excluding steroid dienone is 1. The van der Waals surface area contributed by atoms with Crippen molar-refractivity contribution in [3.05, 3.63) is 60.2 Å². The quantitative estimate of drug-likeness (QED) is 0.311.